The predicted molar refractivity (Wildman–Crippen MR) is 99.9 cm³/mol. The van der Waals surface area contributed by atoms with Gasteiger partial charge < -0.3 is 10.5 Å². The average molecular weight is 317 g/mol. The monoisotopic (exact) mass is 317 g/mol. The second kappa shape index (κ2) is 7.80. The second-order valence-corrected chi connectivity index (χ2v) is 5.85. The van der Waals surface area contributed by atoms with Crippen molar-refractivity contribution in [2.24, 2.45) is 5.73 Å². The standard InChI is InChI=1S/C22H23NO/c1-2-17-9-6-10-19(13-17)20-11-12-22(21(14-20)15-23)24-16-18-7-4-3-5-8-18/h3-14H,2,15-16,23H2,1H3. The average Bonchev–Trinajstić information content (AvgIpc) is 2.67. The summed E-state index contributed by atoms with van der Waals surface area (Å²) in [5, 5.41) is 0. The molecule has 3 rings (SSSR count). The molecule has 0 unspecified atom stereocenters. The number of benzene rings is 3. The highest BCUT2D eigenvalue weighted by molar-refractivity contribution is 5.66. The van der Waals surface area contributed by atoms with Crippen LogP contribution >= 0.6 is 0 Å². The van der Waals surface area contributed by atoms with Crippen LogP contribution in [0.15, 0.2) is 72.8 Å². The van der Waals surface area contributed by atoms with Gasteiger partial charge in [-0.25, -0.2) is 0 Å². The van der Waals surface area contributed by atoms with Gasteiger partial charge in [-0.05, 0) is 40.8 Å². The second-order valence-electron chi connectivity index (χ2n) is 5.85. The molecule has 0 saturated carbocycles. The molecule has 0 saturated heterocycles. The molecule has 0 aromatic heterocycles. The first-order valence-corrected chi connectivity index (χ1v) is 8.39. The molecular formula is C22H23NO. The van der Waals surface area contributed by atoms with E-state index in [2.05, 4.69) is 55.5 Å². The van der Waals surface area contributed by atoms with E-state index in [1.54, 1.807) is 0 Å². The summed E-state index contributed by atoms with van der Waals surface area (Å²) in [5.41, 5.74) is 11.9. The third-order valence-electron chi connectivity index (χ3n) is 4.19. The Balaban J connectivity index is 1.82. The largest absolute Gasteiger partial charge is 0.489 e. The van der Waals surface area contributed by atoms with Gasteiger partial charge in [0.2, 0.25) is 0 Å². The van der Waals surface area contributed by atoms with Crippen LogP contribution in [0.2, 0.25) is 0 Å². The molecule has 2 nitrogen and oxygen atoms in total. The van der Waals surface area contributed by atoms with Crippen LogP contribution in [0.25, 0.3) is 11.1 Å². The number of nitrogens with two attached hydrogens (primary N) is 1. The highest BCUT2D eigenvalue weighted by atomic mass is 16.5. The van der Waals surface area contributed by atoms with E-state index < -0.39 is 0 Å². The molecule has 3 aromatic rings. The van der Waals surface area contributed by atoms with Crippen LogP contribution in [0.5, 0.6) is 5.75 Å². The minimum Gasteiger partial charge on any atom is -0.489 e. The van der Waals surface area contributed by atoms with E-state index in [0.717, 1.165) is 23.3 Å². The van der Waals surface area contributed by atoms with Crippen LogP contribution in [0.1, 0.15) is 23.6 Å². The molecule has 2 N–H and O–H groups in total. The van der Waals surface area contributed by atoms with Gasteiger partial charge in [0.1, 0.15) is 12.4 Å². The maximum Gasteiger partial charge on any atom is 0.124 e. The van der Waals surface area contributed by atoms with Crippen molar-refractivity contribution in [2.45, 2.75) is 26.5 Å². The fourth-order valence-electron chi connectivity index (χ4n) is 2.77. The SMILES string of the molecule is CCc1cccc(-c2ccc(OCc3ccccc3)c(CN)c2)c1. The van der Waals surface area contributed by atoms with Crippen LogP contribution in [0.4, 0.5) is 0 Å². The lowest BCUT2D eigenvalue weighted by Gasteiger charge is -2.13. The molecule has 0 bridgehead atoms. The van der Waals surface area contributed by atoms with E-state index in [1.165, 1.54) is 16.7 Å². The van der Waals surface area contributed by atoms with E-state index >= 15 is 0 Å². The van der Waals surface area contributed by atoms with Gasteiger partial charge in [0.05, 0.1) is 0 Å². The minimum absolute atomic E-state index is 0.464. The quantitative estimate of drug-likeness (QED) is 0.698. The lowest BCUT2D eigenvalue weighted by atomic mass is 10.00. The van der Waals surface area contributed by atoms with Gasteiger partial charge in [0.15, 0.2) is 0 Å². The van der Waals surface area contributed by atoms with Gasteiger partial charge in [-0.15, -0.1) is 0 Å². The van der Waals surface area contributed by atoms with E-state index in [-0.39, 0.29) is 0 Å². The van der Waals surface area contributed by atoms with Crippen molar-refractivity contribution < 1.29 is 4.74 Å². The maximum atomic E-state index is 5.97. The maximum absolute atomic E-state index is 5.97. The predicted octanol–water partition coefficient (Wildman–Crippen LogP) is 4.95. The minimum atomic E-state index is 0.464. The van der Waals surface area contributed by atoms with Gasteiger partial charge in [-0.1, -0.05) is 67.6 Å². The van der Waals surface area contributed by atoms with E-state index in [4.69, 9.17) is 10.5 Å². The Bertz CT molecular complexity index is 796. The lowest BCUT2D eigenvalue weighted by Crippen LogP contribution is -2.03. The van der Waals surface area contributed by atoms with E-state index in [9.17, 15) is 0 Å². The molecule has 0 aliphatic rings. The molecule has 3 aromatic carbocycles. The first-order valence-electron chi connectivity index (χ1n) is 8.39. The molecule has 0 radical (unpaired) electrons. The summed E-state index contributed by atoms with van der Waals surface area (Å²) >= 11 is 0. The highest BCUT2D eigenvalue weighted by Gasteiger charge is 2.06. The van der Waals surface area contributed by atoms with Gasteiger partial charge in [-0.2, -0.15) is 0 Å². The zero-order chi connectivity index (χ0) is 16.8. The van der Waals surface area contributed by atoms with Gasteiger partial charge in [-0.3, -0.25) is 0 Å². The van der Waals surface area contributed by atoms with Crippen LogP contribution in [-0.2, 0) is 19.6 Å². The van der Waals surface area contributed by atoms with Crippen molar-refractivity contribution in [3.8, 4) is 16.9 Å². The summed E-state index contributed by atoms with van der Waals surface area (Å²) in [4.78, 5) is 0. The summed E-state index contributed by atoms with van der Waals surface area (Å²) in [6.07, 6.45) is 1.04. The molecule has 24 heavy (non-hydrogen) atoms. The van der Waals surface area contributed by atoms with Crippen molar-refractivity contribution in [1.82, 2.24) is 0 Å². The molecule has 0 heterocycles. The summed E-state index contributed by atoms with van der Waals surface area (Å²) in [6, 6.07) is 25.1. The van der Waals surface area contributed by atoms with Crippen molar-refractivity contribution >= 4 is 0 Å². The molecule has 2 heteroatoms. The molecule has 122 valence electrons. The van der Waals surface area contributed by atoms with Crippen molar-refractivity contribution in [2.75, 3.05) is 0 Å². The lowest BCUT2D eigenvalue weighted by molar-refractivity contribution is 0.303. The molecule has 0 spiro atoms. The summed E-state index contributed by atoms with van der Waals surface area (Å²) in [6.45, 7) is 3.19. The Morgan fingerprint density at radius 1 is 0.792 bits per heavy atom. The van der Waals surface area contributed by atoms with Crippen LogP contribution < -0.4 is 10.5 Å². The zero-order valence-electron chi connectivity index (χ0n) is 14.0. The fourth-order valence-corrected chi connectivity index (χ4v) is 2.77. The Hall–Kier alpha value is -2.58. The summed E-state index contributed by atoms with van der Waals surface area (Å²) in [7, 11) is 0. The summed E-state index contributed by atoms with van der Waals surface area (Å²) in [5.74, 6) is 0.858. The Morgan fingerprint density at radius 3 is 2.29 bits per heavy atom. The number of rotatable bonds is 6. The fraction of sp³-hybridized carbons (Fsp3) is 0.182. The first-order chi connectivity index (χ1) is 11.8. The third-order valence-corrected chi connectivity index (χ3v) is 4.19. The highest BCUT2D eigenvalue weighted by Crippen LogP contribution is 2.28. The zero-order valence-corrected chi connectivity index (χ0v) is 14.0. The van der Waals surface area contributed by atoms with Crippen LogP contribution in [0, 0.1) is 0 Å². The van der Waals surface area contributed by atoms with E-state index in [1.807, 2.05) is 24.3 Å². The Kier molecular flexibility index (Phi) is 5.29. The third kappa shape index (κ3) is 3.84. The van der Waals surface area contributed by atoms with Gasteiger partial charge in [0.25, 0.3) is 0 Å². The molecule has 0 aliphatic heterocycles. The normalized spacial score (nSPS) is 10.6. The van der Waals surface area contributed by atoms with Crippen molar-refractivity contribution in [3.63, 3.8) is 0 Å². The summed E-state index contributed by atoms with van der Waals surface area (Å²) < 4.78 is 5.97. The molecular weight excluding hydrogens is 294 g/mol. The first kappa shape index (κ1) is 16.3. The van der Waals surface area contributed by atoms with Crippen LogP contribution in [0.3, 0.4) is 0 Å². The number of hydrogen-bond donors (Lipinski definition) is 1. The van der Waals surface area contributed by atoms with Gasteiger partial charge in [0, 0.05) is 12.1 Å². The Labute approximate surface area is 143 Å². The van der Waals surface area contributed by atoms with Gasteiger partial charge >= 0.3 is 0 Å². The molecule has 0 fully saturated rings. The number of hydrogen-bond acceptors (Lipinski definition) is 2. The molecule has 0 amide bonds. The smallest absolute Gasteiger partial charge is 0.124 e. The molecule has 0 atom stereocenters. The van der Waals surface area contributed by atoms with Crippen molar-refractivity contribution in [3.05, 3.63) is 89.5 Å². The number of aryl methyl sites for hydroxylation is 1. The Morgan fingerprint density at radius 2 is 1.54 bits per heavy atom. The van der Waals surface area contributed by atoms with Crippen LogP contribution in [-0.4, -0.2) is 0 Å². The van der Waals surface area contributed by atoms with E-state index in [0.29, 0.717) is 13.2 Å². The number of ether oxygens (including phenoxy) is 1. The molecule has 0 aliphatic carbocycles. The van der Waals surface area contributed by atoms with Crippen molar-refractivity contribution in [1.29, 1.82) is 0 Å². The topological polar surface area (TPSA) is 35.2 Å².